The van der Waals surface area contributed by atoms with Crippen LogP contribution in [0.3, 0.4) is 0 Å². The summed E-state index contributed by atoms with van der Waals surface area (Å²) in [7, 11) is 1.27. The number of fused-ring (bicyclic) bond motifs is 1. The Labute approximate surface area is 188 Å². The van der Waals surface area contributed by atoms with Crippen molar-refractivity contribution in [2.24, 2.45) is 0 Å². The number of ether oxygens (including phenoxy) is 2. The van der Waals surface area contributed by atoms with Crippen molar-refractivity contribution in [1.82, 2.24) is 4.98 Å². The van der Waals surface area contributed by atoms with Gasteiger partial charge >= 0.3 is 5.97 Å². The van der Waals surface area contributed by atoms with Crippen molar-refractivity contribution in [2.75, 3.05) is 30.5 Å². The molecular weight excluding hydrogens is 430 g/mol. The third-order valence-electron chi connectivity index (χ3n) is 4.99. The molecule has 2 aromatic carbocycles. The Morgan fingerprint density at radius 2 is 2.00 bits per heavy atom. The number of aryl methyl sites for hydroxylation is 2. The molecule has 8 nitrogen and oxygen atoms in total. The van der Waals surface area contributed by atoms with Crippen molar-refractivity contribution >= 4 is 40.5 Å². The molecule has 0 saturated heterocycles. The SMILES string of the molecule is COC(=O)c1ccccc1NC(=O)CN1C(=O)COc2ccc(-c3nc(C)sc3C)cc21. The van der Waals surface area contributed by atoms with Gasteiger partial charge in [0.1, 0.15) is 12.3 Å². The van der Waals surface area contributed by atoms with Gasteiger partial charge in [0.25, 0.3) is 5.91 Å². The molecule has 9 heteroatoms. The van der Waals surface area contributed by atoms with E-state index in [2.05, 4.69) is 10.3 Å². The molecule has 164 valence electrons. The first-order valence-electron chi connectivity index (χ1n) is 9.86. The van der Waals surface area contributed by atoms with Crippen LogP contribution in [-0.2, 0) is 14.3 Å². The lowest BCUT2D eigenvalue weighted by atomic mass is 10.1. The fraction of sp³-hybridized carbons (Fsp3) is 0.217. The first-order chi connectivity index (χ1) is 15.4. The van der Waals surface area contributed by atoms with Crippen LogP contribution < -0.4 is 15.0 Å². The van der Waals surface area contributed by atoms with E-state index in [1.54, 1.807) is 41.7 Å². The number of hydrogen-bond donors (Lipinski definition) is 1. The van der Waals surface area contributed by atoms with Crippen LogP contribution in [0.2, 0.25) is 0 Å². The molecule has 0 fully saturated rings. The van der Waals surface area contributed by atoms with Crippen LogP contribution in [0.25, 0.3) is 11.3 Å². The second-order valence-electron chi connectivity index (χ2n) is 7.17. The summed E-state index contributed by atoms with van der Waals surface area (Å²) in [5, 5.41) is 3.65. The molecule has 3 aromatic rings. The Balaban J connectivity index is 1.61. The predicted molar refractivity (Wildman–Crippen MR) is 121 cm³/mol. The van der Waals surface area contributed by atoms with Crippen molar-refractivity contribution < 1.29 is 23.9 Å². The summed E-state index contributed by atoms with van der Waals surface area (Å²) < 4.78 is 10.3. The maximum absolute atomic E-state index is 12.8. The largest absolute Gasteiger partial charge is 0.482 e. The van der Waals surface area contributed by atoms with Gasteiger partial charge in [-0.25, -0.2) is 9.78 Å². The lowest BCUT2D eigenvalue weighted by molar-refractivity contribution is -0.123. The zero-order valence-electron chi connectivity index (χ0n) is 17.8. The smallest absolute Gasteiger partial charge is 0.339 e. The zero-order valence-corrected chi connectivity index (χ0v) is 18.6. The van der Waals surface area contributed by atoms with Crippen LogP contribution in [0.1, 0.15) is 20.2 Å². The van der Waals surface area contributed by atoms with Gasteiger partial charge in [-0.2, -0.15) is 0 Å². The van der Waals surface area contributed by atoms with Gasteiger partial charge < -0.3 is 14.8 Å². The standard InChI is InChI=1S/C23H21N3O5S/c1-13-22(24-14(2)32-13)15-8-9-19-18(10-15)26(21(28)12-31-19)11-20(27)25-17-7-5-4-6-16(17)23(29)30-3/h4-10H,11-12H2,1-3H3,(H,25,27). The minimum atomic E-state index is -0.563. The van der Waals surface area contributed by atoms with Gasteiger partial charge in [-0.15, -0.1) is 11.3 Å². The highest BCUT2D eigenvalue weighted by molar-refractivity contribution is 7.11. The molecule has 0 unspecified atom stereocenters. The third kappa shape index (κ3) is 4.19. The second kappa shape index (κ2) is 8.80. The second-order valence-corrected chi connectivity index (χ2v) is 8.58. The summed E-state index contributed by atoms with van der Waals surface area (Å²) in [6.07, 6.45) is 0. The summed E-state index contributed by atoms with van der Waals surface area (Å²) in [5.41, 5.74) is 2.72. The van der Waals surface area contributed by atoms with Gasteiger partial charge in [-0.1, -0.05) is 12.1 Å². The third-order valence-corrected chi connectivity index (χ3v) is 5.87. The molecule has 2 amide bonds. The molecule has 0 spiro atoms. The average molecular weight is 452 g/mol. The number of benzene rings is 2. The van der Waals surface area contributed by atoms with E-state index in [1.165, 1.54) is 12.0 Å². The lowest BCUT2D eigenvalue weighted by Gasteiger charge is -2.29. The fourth-order valence-electron chi connectivity index (χ4n) is 3.53. The lowest BCUT2D eigenvalue weighted by Crippen LogP contribution is -2.43. The Morgan fingerprint density at radius 3 is 2.72 bits per heavy atom. The van der Waals surface area contributed by atoms with E-state index >= 15 is 0 Å². The van der Waals surface area contributed by atoms with Crippen molar-refractivity contribution in [3.8, 4) is 17.0 Å². The van der Waals surface area contributed by atoms with Crippen LogP contribution in [0.4, 0.5) is 11.4 Å². The first kappa shape index (κ1) is 21.5. The molecular formula is C23H21N3O5S. The number of para-hydroxylation sites is 1. The summed E-state index contributed by atoms with van der Waals surface area (Å²) >= 11 is 1.60. The average Bonchev–Trinajstić information content (AvgIpc) is 3.13. The van der Waals surface area contributed by atoms with Crippen LogP contribution in [-0.4, -0.2) is 43.0 Å². The monoisotopic (exact) mass is 451 g/mol. The van der Waals surface area contributed by atoms with Gasteiger partial charge in [-0.3, -0.25) is 14.5 Å². The van der Waals surface area contributed by atoms with E-state index in [4.69, 9.17) is 9.47 Å². The molecule has 0 radical (unpaired) electrons. The number of methoxy groups -OCH3 is 1. The molecule has 1 aliphatic rings. The molecule has 32 heavy (non-hydrogen) atoms. The number of carbonyl (C=O) groups is 3. The van der Waals surface area contributed by atoms with Crippen LogP contribution >= 0.6 is 11.3 Å². The van der Waals surface area contributed by atoms with Gasteiger partial charge in [0, 0.05) is 10.4 Å². The number of hydrogen-bond acceptors (Lipinski definition) is 7. The van der Waals surface area contributed by atoms with Crippen LogP contribution in [0, 0.1) is 13.8 Å². The maximum Gasteiger partial charge on any atom is 0.339 e. The van der Waals surface area contributed by atoms with E-state index in [0.717, 1.165) is 21.1 Å². The van der Waals surface area contributed by atoms with Crippen LogP contribution in [0.15, 0.2) is 42.5 Å². The van der Waals surface area contributed by atoms with Gasteiger partial charge in [0.05, 0.1) is 34.7 Å². The summed E-state index contributed by atoms with van der Waals surface area (Å²) in [6, 6.07) is 12.0. The topological polar surface area (TPSA) is 97.8 Å². The molecule has 1 aliphatic heterocycles. The van der Waals surface area contributed by atoms with Gasteiger partial charge in [0.15, 0.2) is 6.61 Å². The zero-order chi connectivity index (χ0) is 22.8. The highest BCUT2D eigenvalue weighted by atomic mass is 32.1. The van der Waals surface area contributed by atoms with Crippen LogP contribution in [0.5, 0.6) is 5.75 Å². The number of anilines is 2. The first-order valence-corrected chi connectivity index (χ1v) is 10.7. The Kier molecular flexibility index (Phi) is 5.91. The number of nitrogens with zero attached hydrogens (tertiary/aromatic N) is 2. The molecule has 0 atom stereocenters. The molecule has 0 saturated carbocycles. The van der Waals surface area contributed by atoms with E-state index in [0.29, 0.717) is 17.1 Å². The minimum Gasteiger partial charge on any atom is -0.482 e. The van der Waals surface area contributed by atoms with E-state index in [-0.39, 0.29) is 24.6 Å². The number of esters is 1. The highest BCUT2D eigenvalue weighted by Gasteiger charge is 2.28. The highest BCUT2D eigenvalue weighted by Crippen LogP contribution is 2.37. The summed E-state index contributed by atoms with van der Waals surface area (Å²) in [4.78, 5) is 44.4. The fourth-order valence-corrected chi connectivity index (χ4v) is 4.37. The molecule has 1 N–H and O–H groups in total. The van der Waals surface area contributed by atoms with Gasteiger partial charge in [0.2, 0.25) is 5.91 Å². The quantitative estimate of drug-likeness (QED) is 0.596. The van der Waals surface area contributed by atoms with Gasteiger partial charge in [-0.05, 0) is 44.2 Å². The number of aromatic nitrogens is 1. The van der Waals surface area contributed by atoms with Crippen molar-refractivity contribution in [3.05, 3.63) is 57.9 Å². The van der Waals surface area contributed by atoms with Crippen molar-refractivity contribution in [3.63, 3.8) is 0 Å². The molecule has 2 heterocycles. The number of carbonyl (C=O) groups excluding carboxylic acids is 3. The summed E-state index contributed by atoms with van der Waals surface area (Å²) in [6.45, 7) is 3.54. The normalized spacial score (nSPS) is 12.7. The van der Waals surface area contributed by atoms with Crippen molar-refractivity contribution in [2.45, 2.75) is 13.8 Å². The van der Waals surface area contributed by atoms with E-state index < -0.39 is 11.9 Å². The number of thiazole rings is 1. The Bertz CT molecular complexity index is 1220. The Hall–Kier alpha value is -3.72. The molecule has 0 aliphatic carbocycles. The molecule has 0 bridgehead atoms. The number of amides is 2. The number of rotatable bonds is 5. The predicted octanol–water partition coefficient (Wildman–Crippen LogP) is 3.58. The molecule has 4 rings (SSSR count). The Morgan fingerprint density at radius 1 is 1.22 bits per heavy atom. The minimum absolute atomic E-state index is 0.160. The van der Waals surface area contributed by atoms with E-state index in [1.807, 2.05) is 26.0 Å². The van der Waals surface area contributed by atoms with E-state index in [9.17, 15) is 14.4 Å². The maximum atomic E-state index is 12.8. The van der Waals surface area contributed by atoms with Crippen molar-refractivity contribution in [1.29, 1.82) is 0 Å². The summed E-state index contributed by atoms with van der Waals surface area (Å²) in [5.74, 6) is -0.834. The molecule has 1 aromatic heterocycles. The number of nitrogens with one attached hydrogen (secondary N) is 1.